The number of ether oxygens (including phenoxy) is 1. The predicted molar refractivity (Wildman–Crippen MR) is 131 cm³/mol. The summed E-state index contributed by atoms with van der Waals surface area (Å²) in [5.41, 5.74) is 4.70. The Morgan fingerprint density at radius 3 is 2.47 bits per heavy atom. The number of fused-ring (bicyclic) bond motifs is 2. The van der Waals surface area contributed by atoms with Crippen molar-refractivity contribution in [3.05, 3.63) is 82.0 Å². The van der Waals surface area contributed by atoms with Gasteiger partial charge >= 0.3 is 0 Å². The summed E-state index contributed by atoms with van der Waals surface area (Å²) in [5.74, 6) is 0.0519. The van der Waals surface area contributed by atoms with Crippen molar-refractivity contribution < 1.29 is 9.53 Å². The summed E-state index contributed by atoms with van der Waals surface area (Å²) in [6.45, 7) is 9.35. The summed E-state index contributed by atoms with van der Waals surface area (Å²) < 4.78 is 7.75. The number of aryl methyl sites for hydroxylation is 1. The molecule has 1 fully saturated rings. The first-order valence-electron chi connectivity index (χ1n) is 11.2. The highest BCUT2D eigenvalue weighted by Gasteiger charge is 2.23. The number of halogens is 1. The molecule has 0 radical (unpaired) electrons. The van der Waals surface area contributed by atoms with Gasteiger partial charge in [0.25, 0.3) is 0 Å². The first-order chi connectivity index (χ1) is 15.5. The number of carbonyl (C=O) groups excluding carboxylic acids is 1. The molecule has 32 heavy (non-hydrogen) atoms. The highest BCUT2D eigenvalue weighted by atomic mass is 35.5. The molecule has 0 saturated carbocycles. The van der Waals surface area contributed by atoms with E-state index in [2.05, 4.69) is 29.4 Å². The van der Waals surface area contributed by atoms with E-state index in [4.69, 9.17) is 16.3 Å². The SMILES string of the molecule is Cc1ccc(C(=O)c2c(C)n(CCN3CCOCC3)c3ccc(Cl)cc23)c2ccccc12. The normalized spacial score (nSPS) is 15.0. The van der Waals surface area contributed by atoms with Crippen LogP contribution in [-0.2, 0) is 11.3 Å². The fourth-order valence-corrected chi connectivity index (χ4v) is 5.05. The number of aromatic nitrogens is 1. The van der Waals surface area contributed by atoms with E-state index < -0.39 is 0 Å². The van der Waals surface area contributed by atoms with Crippen molar-refractivity contribution in [1.82, 2.24) is 9.47 Å². The van der Waals surface area contributed by atoms with Crippen LogP contribution in [0.5, 0.6) is 0 Å². The molecule has 5 heteroatoms. The van der Waals surface area contributed by atoms with Crippen LogP contribution in [0.15, 0.2) is 54.6 Å². The van der Waals surface area contributed by atoms with E-state index in [1.54, 1.807) is 0 Å². The average molecular weight is 447 g/mol. The molecule has 164 valence electrons. The highest BCUT2D eigenvalue weighted by molar-refractivity contribution is 6.32. The van der Waals surface area contributed by atoms with E-state index in [-0.39, 0.29) is 5.78 Å². The Bertz CT molecular complexity index is 1320. The molecule has 4 aromatic rings. The molecule has 3 aromatic carbocycles. The molecule has 0 bridgehead atoms. The lowest BCUT2D eigenvalue weighted by molar-refractivity contribution is 0.0365. The van der Waals surface area contributed by atoms with Gasteiger partial charge in [-0.25, -0.2) is 0 Å². The Morgan fingerprint density at radius 1 is 0.938 bits per heavy atom. The number of hydrogen-bond donors (Lipinski definition) is 0. The van der Waals surface area contributed by atoms with E-state index in [0.29, 0.717) is 5.02 Å². The van der Waals surface area contributed by atoms with Crippen LogP contribution in [0, 0.1) is 13.8 Å². The van der Waals surface area contributed by atoms with Crippen molar-refractivity contribution in [3.63, 3.8) is 0 Å². The Labute approximate surface area is 193 Å². The molecule has 2 heterocycles. The molecule has 4 nitrogen and oxygen atoms in total. The minimum atomic E-state index is 0.0519. The van der Waals surface area contributed by atoms with Crippen LogP contribution in [0.4, 0.5) is 0 Å². The molecular weight excluding hydrogens is 420 g/mol. The van der Waals surface area contributed by atoms with Gasteiger partial charge in [0.15, 0.2) is 5.78 Å². The van der Waals surface area contributed by atoms with Gasteiger partial charge in [0.05, 0.1) is 18.8 Å². The van der Waals surface area contributed by atoms with E-state index in [1.807, 2.05) is 48.5 Å². The number of hydrogen-bond acceptors (Lipinski definition) is 3. The maximum Gasteiger partial charge on any atom is 0.196 e. The van der Waals surface area contributed by atoms with Crippen molar-refractivity contribution in [3.8, 4) is 0 Å². The van der Waals surface area contributed by atoms with Crippen LogP contribution in [0.3, 0.4) is 0 Å². The molecule has 5 rings (SSSR count). The number of rotatable bonds is 5. The van der Waals surface area contributed by atoms with Gasteiger partial charge in [-0.15, -0.1) is 0 Å². The summed E-state index contributed by atoms with van der Waals surface area (Å²) in [6.07, 6.45) is 0. The number of morpholine rings is 1. The number of benzene rings is 3. The fourth-order valence-electron chi connectivity index (χ4n) is 4.88. The quantitative estimate of drug-likeness (QED) is 0.373. The molecule has 0 aliphatic carbocycles. The molecule has 1 aliphatic heterocycles. The molecule has 0 N–H and O–H groups in total. The van der Waals surface area contributed by atoms with Gasteiger partial charge in [0.2, 0.25) is 0 Å². The predicted octanol–water partition coefficient (Wildman–Crippen LogP) is 5.63. The van der Waals surface area contributed by atoms with Gasteiger partial charge in [0.1, 0.15) is 0 Å². The molecule has 0 atom stereocenters. The summed E-state index contributed by atoms with van der Waals surface area (Å²) >= 11 is 6.37. The summed E-state index contributed by atoms with van der Waals surface area (Å²) in [4.78, 5) is 16.4. The Hall–Kier alpha value is -2.66. The van der Waals surface area contributed by atoms with Gasteiger partial charge < -0.3 is 9.30 Å². The maximum absolute atomic E-state index is 14.0. The third-order valence-corrected chi connectivity index (χ3v) is 6.88. The van der Waals surface area contributed by atoms with Crippen molar-refractivity contribution in [2.75, 3.05) is 32.8 Å². The minimum absolute atomic E-state index is 0.0519. The second-order valence-electron chi connectivity index (χ2n) is 8.53. The molecule has 1 aliphatic rings. The van der Waals surface area contributed by atoms with Crippen LogP contribution >= 0.6 is 11.6 Å². The lowest BCUT2D eigenvalue weighted by atomic mass is 9.93. The monoisotopic (exact) mass is 446 g/mol. The van der Waals surface area contributed by atoms with Gasteiger partial charge in [-0.3, -0.25) is 9.69 Å². The Balaban J connectivity index is 1.61. The average Bonchev–Trinajstić information content (AvgIpc) is 3.08. The number of carbonyl (C=O) groups is 1. The van der Waals surface area contributed by atoms with Gasteiger partial charge in [-0.05, 0) is 48.4 Å². The van der Waals surface area contributed by atoms with E-state index >= 15 is 0 Å². The molecular formula is C27H27ClN2O2. The minimum Gasteiger partial charge on any atom is -0.379 e. The summed E-state index contributed by atoms with van der Waals surface area (Å²) in [7, 11) is 0. The zero-order valence-corrected chi connectivity index (χ0v) is 19.3. The topological polar surface area (TPSA) is 34.5 Å². The number of ketones is 1. The van der Waals surface area contributed by atoms with Crippen LogP contribution in [-0.4, -0.2) is 48.1 Å². The second-order valence-corrected chi connectivity index (χ2v) is 8.97. The van der Waals surface area contributed by atoms with Crippen molar-refractivity contribution >= 4 is 39.1 Å². The largest absolute Gasteiger partial charge is 0.379 e. The fraction of sp³-hybridized carbons (Fsp3) is 0.296. The standard InChI is InChI=1S/C27H27ClN2O2/c1-18-7-9-23(22-6-4-3-5-21(18)22)27(31)26-19(2)30(12-11-29-13-15-32-16-14-29)25-10-8-20(28)17-24(25)26/h3-10,17H,11-16H2,1-2H3. The van der Waals surface area contributed by atoms with E-state index in [0.717, 1.165) is 77.9 Å². The first kappa shape index (κ1) is 21.2. The van der Waals surface area contributed by atoms with Crippen molar-refractivity contribution in [1.29, 1.82) is 0 Å². The van der Waals surface area contributed by atoms with Crippen LogP contribution in [0.1, 0.15) is 27.2 Å². The third kappa shape index (κ3) is 3.73. The Morgan fingerprint density at radius 2 is 1.69 bits per heavy atom. The van der Waals surface area contributed by atoms with Crippen molar-refractivity contribution in [2.24, 2.45) is 0 Å². The smallest absolute Gasteiger partial charge is 0.196 e. The zero-order chi connectivity index (χ0) is 22.2. The zero-order valence-electron chi connectivity index (χ0n) is 18.5. The third-order valence-electron chi connectivity index (χ3n) is 6.64. The van der Waals surface area contributed by atoms with E-state index in [9.17, 15) is 4.79 Å². The summed E-state index contributed by atoms with van der Waals surface area (Å²) in [5, 5.41) is 3.68. The van der Waals surface area contributed by atoms with Crippen LogP contribution in [0.25, 0.3) is 21.7 Å². The molecule has 0 amide bonds. The molecule has 1 aromatic heterocycles. The molecule has 0 spiro atoms. The molecule has 1 saturated heterocycles. The van der Waals surface area contributed by atoms with Gasteiger partial charge in [-0.2, -0.15) is 0 Å². The van der Waals surface area contributed by atoms with Crippen LogP contribution in [0.2, 0.25) is 5.02 Å². The second kappa shape index (κ2) is 8.70. The van der Waals surface area contributed by atoms with Gasteiger partial charge in [-0.1, -0.05) is 48.0 Å². The van der Waals surface area contributed by atoms with Crippen molar-refractivity contribution in [2.45, 2.75) is 20.4 Å². The summed E-state index contributed by atoms with van der Waals surface area (Å²) in [6, 6.07) is 18.0. The lowest BCUT2D eigenvalue weighted by Gasteiger charge is -2.27. The van der Waals surface area contributed by atoms with E-state index in [1.165, 1.54) is 5.56 Å². The Kier molecular flexibility index (Phi) is 5.76. The van der Waals surface area contributed by atoms with Gasteiger partial charge in [0, 0.05) is 53.4 Å². The maximum atomic E-state index is 14.0. The lowest BCUT2D eigenvalue weighted by Crippen LogP contribution is -2.38. The highest BCUT2D eigenvalue weighted by Crippen LogP contribution is 2.32. The number of nitrogens with zero attached hydrogens (tertiary/aromatic N) is 2. The molecule has 0 unspecified atom stereocenters. The first-order valence-corrected chi connectivity index (χ1v) is 11.5. The van der Waals surface area contributed by atoms with Crippen LogP contribution < -0.4 is 0 Å².